The number of aryl methyl sites for hydroxylation is 2. The molecule has 1 N–H and O–H groups in total. The van der Waals surface area contributed by atoms with E-state index < -0.39 is 5.97 Å². The molecular weight excluding hydrogens is 224 g/mol. The molecule has 0 saturated carbocycles. The summed E-state index contributed by atoms with van der Waals surface area (Å²) < 4.78 is 0. The second-order valence-corrected chi connectivity index (χ2v) is 4.87. The van der Waals surface area contributed by atoms with Crippen LogP contribution in [0.15, 0.2) is 36.4 Å². The minimum absolute atomic E-state index is 0.287. The zero-order chi connectivity index (χ0) is 13.1. The van der Waals surface area contributed by atoms with Crippen molar-refractivity contribution in [2.75, 3.05) is 0 Å². The van der Waals surface area contributed by atoms with E-state index in [9.17, 15) is 4.79 Å². The molecule has 94 valence electrons. The van der Waals surface area contributed by atoms with Crippen LogP contribution in [0.25, 0.3) is 10.8 Å². The number of carbonyl (C=O) groups is 1. The van der Waals surface area contributed by atoms with Gasteiger partial charge in [-0.25, -0.2) is 0 Å². The predicted octanol–water partition coefficient (Wildman–Crippen LogP) is 3.80. The SMILES string of the molecule is Cc1ccc(CCC(C)C(=O)O)c2ccccc12. The molecule has 0 heterocycles. The van der Waals surface area contributed by atoms with E-state index in [1.807, 2.05) is 12.1 Å². The molecule has 0 bridgehead atoms. The topological polar surface area (TPSA) is 37.3 Å². The van der Waals surface area contributed by atoms with E-state index in [2.05, 4.69) is 31.2 Å². The van der Waals surface area contributed by atoms with Gasteiger partial charge >= 0.3 is 5.97 Å². The van der Waals surface area contributed by atoms with Crippen LogP contribution in [0.5, 0.6) is 0 Å². The van der Waals surface area contributed by atoms with Crippen LogP contribution in [0.4, 0.5) is 0 Å². The second-order valence-electron chi connectivity index (χ2n) is 4.87. The maximum absolute atomic E-state index is 10.8. The highest BCUT2D eigenvalue weighted by atomic mass is 16.4. The normalized spacial score (nSPS) is 12.6. The summed E-state index contributed by atoms with van der Waals surface area (Å²) in [6.07, 6.45) is 1.50. The predicted molar refractivity (Wildman–Crippen MR) is 73.8 cm³/mol. The highest BCUT2D eigenvalue weighted by molar-refractivity contribution is 5.88. The lowest BCUT2D eigenvalue weighted by atomic mass is 9.95. The summed E-state index contributed by atoms with van der Waals surface area (Å²) in [5.74, 6) is -1.00. The number of benzene rings is 2. The third kappa shape index (κ3) is 2.53. The van der Waals surface area contributed by atoms with Gasteiger partial charge in [-0.05, 0) is 41.7 Å². The van der Waals surface area contributed by atoms with E-state index in [4.69, 9.17) is 5.11 Å². The van der Waals surface area contributed by atoms with Gasteiger partial charge in [0.1, 0.15) is 0 Å². The summed E-state index contributed by atoms with van der Waals surface area (Å²) in [6.45, 7) is 3.87. The zero-order valence-corrected chi connectivity index (χ0v) is 10.8. The highest BCUT2D eigenvalue weighted by Crippen LogP contribution is 2.24. The highest BCUT2D eigenvalue weighted by Gasteiger charge is 2.11. The summed E-state index contributed by atoms with van der Waals surface area (Å²) in [4.78, 5) is 10.8. The monoisotopic (exact) mass is 242 g/mol. The maximum Gasteiger partial charge on any atom is 0.306 e. The molecule has 1 atom stereocenters. The lowest BCUT2D eigenvalue weighted by Crippen LogP contribution is -2.10. The van der Waals surface area contributed by atoms with Gasteiger partial charge in [0.2, 0.25) is 0 Å². The van der Waals surface area contributed by atoms with E-state index in [0.29, 0.717) is 6.42 Å². The molecule has 0 fully saturated rings. The van der Waals surface area contributed by atoms with Gasteiger partial charge in [-0.3, -0.25) is 4.79 Å². The molecule has 2 aromatic carbocycles. The Hall–Kier alpha value is -1.83. The number of hydrogen-bond donors (Lipinski definition) is 1. The molecule has 18 heavy (non-hydrogen) atoms. The molecule has 0 aliphatic heterocycles. The average Bonchev–Trinajstić information content (AvgIpc) is 2.38. The summed E-state index contributed by atoms with van der Waals surface area (Å²) in [6, 6.07) is 12.5. The fraction of sp³-hybridized carbons (Fsp3) is 0.312. The van der Waals surface area contributed by atoms with Crippen LogP contribution >= 0.6 is 0 Å². The first-order chi connectivity index (χ1) is 8.59. The van der Waals surface area contributed by atoms with Gasteiger partial charge in [0.25, 0.3) is 0 Å². The van der Waals surface area contributed by atoms with Crippen molar-refractivity contribution in [3.8, 4) is 0 Å². The van der Waals surface area contributed by atoms with Gasteiger partial charge in [0.15, 0.2) is 0 Å². The first-order valence-electron chi connectivity index (χ1n) is 6.29. The van der Waals surface area contributed by atoms with Gasteiger partial charge in [0, 0.05) is 0 Å². The quantitative estimate of drug-likeness (QED) is 0.885. The number of hydrogen-bond acceptors (Lipinski definition) is 1. The molecule has 1 unspecified atom stereocenters. The summed E-state index contributed by atoms with van der Waals surface area (Å²) in [5, 5.41) is 11.4. The fourth-order valence-corrected chi connectivity index (χ4v) is 2.23. The van der Waals surface area contributed by atoms with Crippen molar-refractivity contribution >= 4 is 16.7 Å². The molecular formula is C16H18O2. The molecule has 2 rings (SSSR count). The molecule has 0 aliphatic carbocycles. The largest absolute Gasteiger partial charge is 0.481 e. The number of fused-ring (bicyclic) bond motifs is 1. The maximum atomic E-state index is 10.8. The van der Waals surface area contributed by atoms with Crippen LogP contribution in [0, 0.1) is 12.8 Å². The van der Waals surface area contributed by atoms with E-state index in [-0.39, 0.29) is 5.92 Å². The van der Waals surface area contributed by atoms with Gasteiger partial charge in [-0.1, -0.05) is 43.3 Å². The summed E-state index contributed by atoms with van der Waals surface area (Å²) in [7, 11) is 0. The van der Waals surface area contributed by atoms with Crippen molar-refractivity contribution in [3.63, 3.8) is 0 Å². The molecule has 2 aromatic rings. The molecule has 2 nitrogen and oxygen atoms in total. The van der Waals surface area contributed by atoms with E-state index in [1.165, 1.54) is 21.9 Å². The third-order valence-corrected chi connectivity index (χ3v) is 3.50. The molecule has 2 heteroatoms. The minimum atomic E-state index is -0.716. The smallest absolute Gasteiger partial charge is 0.306 e. The van der Waals surface area contributed by atoms with Crippen LogP contribution in [0.1, 0.15) is 24.5 Å². The Morgan fingerprint density at radius 3 is 2.50 bits per heavy atom. The van der Waals surface area contributed by atoms with Crippen molar-refractivity contribution < 1.29 is 9.90 Å². The lowest BCUT2D eigenvalue weighted by Gasteiger charge is -2.10. The van der Waals surface area contributed by atoms with Crippen LogP contribution in [0.3, 0.4) is 0 Å². The van der Waals surface area contributed by atoms with Gasteiger partial charge in [-0.15, -0.1) is 0 Å². The Morgan fingerprint density at radius 2 is 1.83 bits per heavy atom. The first-order valence-corrected chi connectivity index (χ1v) is 6.29. The number of rotatable bonds is 4. The number of carboxylic acids is 1. The molecule has 0 radical (unpaired) electrons. The second kappa shape index (κ2) is 5.21. The van der Waals surface area contributed by atoms with Crippen LogP contribution in [-0.4, -0.2) is 11.1 Å². The van der Waals surface area contributed by atoms with E-state index in [1.54, 1.807) is 6.92 Å². The Kier molecular flexibility index (Phi) is 3.66. The number of aliphatic carboxylic acids is 1. The fourth-order valence-electron chi connectivity index (χ4n) is 2.23. The Balaban J connectivity index is 2.29. The van der Waals surface area contributed by atoms with Gasteiger partial charge < -0.3 is 5.11 Å². The van der Waals surface area contributed by atoms with Crippen molar-refractivity contribution in [1.29, 1.82) is 0 Å². The van der Waals surface area contributed by atoms with Gasteiger partial charge in [-0.2, -0.15) is 0 Å². The summed E-state index contributed by atoms with van der Waals surface area (Å²) in [5.41, 5.74) is 2.50. The van der Waals surface area contributed by atoms with Crippen molar-refractivity contribution in [3.05, 3.63) is 47.5 Å². The van der Waals surface area contributed by atoms with Crippen molar-refractivity contribution in [2.45, 2.75) is 26.7 Å². The van der Waals surface area contributed by atoms with Crippen molar-refractivity contribution in [1.82, 2.24) is 0 Å². The summed E-state index contributed by atoms with van der Waals surface area (Å²) >= 11 is 0. The average molecular weight is 242 g/mol. The molecule has 0 aromatic heterocycles. The molecule has 0 spiro atoms. The van der Waals surface area contributed by atoms with Crippen LogP contribution in [0.2, 0.25) is 0 Å². The van der Waals surface area contributed by atoms with Crippen LogP contribution in [-0.2, 0) is 11.2 Å². The molecule has 0 saturated heterocycles. The van der Waals surface area contributed by atoms with Crippen molar-refractivity contribution in [2.24, 2.45) is 5.92 Å². The standard InChI is InChI=1S/C16H18O2/c1-11-7-9-13(10-8-12(2)16(17)18)15-6-4-3-5-14(11)15/h3-7,9,12H,8,10H2,1-2H3,(H,17,18). The molecule has 0 amide bonds. The number of carboxylic acid groups (broad SMARTS) is 1. The Labute approximate surface area is 107 Å². The third-order valence-electron chi connectivity index (χ3n) is 3.50. The van der Waals surface area contributed by atoms with Crippen LogP contribution < -0.4 is 0 Å². The Morgan fingerprint density at radius 1 is 1.17 bits per heavy atom. The van der Waals surface area contributed by atoms with E-state index >= 15 is 0 Å². The zero-order valence-electron chi connectivity index (χ0n) is 10.8. The molecule has 0 aliphatic rings. The minimum Gasteiger partial charge on any atom is -0.481 e. The Bertz CT molecular complexity index is 572. The first kappa shape index (κ1) is 12.6. The van der Waals surface area contributed by atoms with E-state index in [0.717, 1.165) is 6.42 Å². The van der Waals surface area contributed by atoms with Gasteiger partial charge in [0.05, 0.1) is 5.92 Å². The lowest BCUT2D eigenvalue weighted by molar-refractivity contribution is -0.141.